The van der Waals surface area contributed by atoms with Crippen molar-refractivity contribution in [3.05, 3.63) is 36.5 Å². The maximum absolute atomic E-state index is 12.9. The maximum Gasteiger partial charge on any atom is 0.306 e. The van der Waals surface area contributed by atoms with Gasteiger partial charge in [0.25, 0.3) is 0 Å². The minimum absolute atomic E-state index is 0.0722. The molecular weight excluding hydrogens is 889 g/mol. The lowest BCUT2D eigenvalue weighted by molar-refractivity contribution is -0.167. The summed E-state index contributed by atoms with van der Waals surface area (Å²) in [6.45, 7) is 6.58. The summed E-state index contributed by atoms with van der Waals surface area (Å²) in [5.41, 5.74) is 0. The van der Waals surface area contributed by atoms with Crippen molar-refractivity contribution >= 4 is 17.9 Å². The SMILES string of the molecule is CC/C=C\C/C=C\C/C=C\CCCCCCCC(=O)OCC(COC(=O)CCCCCCCCCCCCCCCCCCCCCCCC)OC(=O)CCCCCCCCCCCCCCCCCCC. The molecule has 1 unspecified atom stereocenters. The molecule has 0 fully saturated rings. The van der Waals surface area contributed by atoms with Gasteiger partial charge in [-0.15, -0.1) is 0 Å². The Labute approximate surface area is 448 Å². The Morgan fingerprint density at radius 2 is 0.542 bits per heavy atom. The molecule has 0 rings (SSSR count). The summed E-state index contributed by atoms with van der Waals surface area (Å²) in [7, 11) is 0. The van der Waals surface area contributed by atoms with Gasteiger partial charge in [0.15, 0.2) is 6.10 Å². The Morgan fingerprint density at radius 3 is 0.847 bits per heavy atom. The van der Waals surface area contributed by atoms with Gasteiger partial charge >= 0.3 is 17.9 Å². The van der Waals surface area contributed by atoms with Crippen LogP contribution in [0.4, 0.5) is 0 Å². The van der Waals surface area contributed by atoms with E-state index in [4.69, 9.17) is 14.2 Å². The molecule has 0 aliphatic rings. The fourth-order valence-corrected chi connectivity index (χ4v) is 9.64. The van der Waals surface area contributed by atoms with Crippen LogP contribution in [0.15, 0.2) is 36.5 Å². The van der Waals surface area contributed by atoms with E-state index in [-0.39, 0.29) is 31.1 Å². The summed E-state index contributed by atoms with van der Waals surface area (Å²) < 4.78 is 16.9. The van der Waals surface area contributed by atoms with Gasteiger partial charge < -0.3 is 14.2 Å². The largest absolute Gasteiger partial charge is 0.462 e. The van der Waals surface area contributed by atoms with Crippen LogP contribution >= 0.6 is 0 Å². The highest BCUT2D eigenvalue weighted by Crippen LogP contribution is 2.18. The molecular formula is C66H122O6. The zero-order valence-electron chi connectivity index (χ0n) is 48.5. The van der Waals surface area contributed by atoms with Gasteiger partial charge in [0.2, 0.25) is 0 Å². The van der Waals surface area contributed by atoms with Crippen molar-refractivity contribution in [1.29, 1.82) is 0 Å². The highest BCUT2D eigenvalue weighted by Gasteiger charge is 2.19. The summed E-state index contributed by atoms with van der Waals surface area (Å²) >= 11 is 0. The van der Waals surface area contributed by atoms with E-state index in [1.54, 1.807) is 0 Å². The molecule has 6 nitrogen and oxygen atoms in total. The van der Waals surface area contributed by atoms with Gasteiger partial charge in [0.05, 0.1) is 0 Å². The normalized spacial score (nSPS) is 12.2. The molecule has 0 spiro atoms. The molecule has 0 heterocycles. The fourth-order valence-electron chi connectivity index (χ4n) is 9.64. The van der Waals surface area contributed by atoms with Crippen LogP contribution in [0.5, 0.6) is 0 Å². The predicted molar refractivity (Wildman–Crippen MR) is 312 cm³/mol. The topological polar surface area (TPSA) is 78.9 Å². The average Bonchev–Trinajstić information content (AvgIpc) is 3.38. The van der Waals surface area contributed by atoms with Crippen LogP contribution in [-0.4, -0.2) is 37.2 Å². The van der Waals surface area contributed by atoms with Gasteiger partial charge in [0, 0.05) is 19.3 Å². The number of unbranched alkanes of at least 4 members (excludes halogenated alkanes) is 42. The summed E-state index contributed by atoms with van der Waals surface area (Å²) in [4.78, 5) is 38.3. The Morgan fingerprint density at radius 1 is 0.292 bits per heavy atom. The van der Waals surface area contributed by atoms with Crippen LogP contribution in [-0.2, 0) is 28.6 Å². The molecule has 72 heavy (non-hydrogen) atoms. The number of carbonyl (C=O) groups is 3. The van der Waals surface area contributed by atoms with E-state index < -0.39 is 6.10 Å². The molecule has 0 aromatic rings. The molecule has 0 radical (unpaired) electrons. The van der Waals surface area contributed by atoms with Crippen LogP contribution in [0.3, 0.4) is 0 Å². The zero-order chi connectivity index (χ0) is 52.2. The standard InChI is InChI=1S/C66H122O6/c1-4-7-10-13-16-19-22-25-28-30-31-32-33-34-36-38-41-44-47-50-53-56-59-65(68)71-62-63(61-70-64(67)58-55-52-49-46-43-40-37-27-24-21-18-15-12-9-6-3)72-66(69)60-57-54-51-48-45-42-39-35-29-26-23-20-17-14-11-8-5-2/h9,12,18,21,27,37,63H,4-8,10-11,13-17,19-20,22-26,28-36,38-62H2,1-3H3/b12-9-,21-18-,37-27-. The Balaban J connectivity index is 4.29. The number of hydrogen-bond donors (Lipinski definition) is 0. The number of carbonyl (C=O) groups excluding carboxylic acids is 3. The summed E-state index contributed by atoms with van der Waals surface area (Å²) in [5, 5.41) is 0. The molecule has 0 aromatic heterocycles. The van der Waals surface area contributed by atoms with E-state index >= 15 is 0 Å². The minimum Gasteiger partial charge on any atom is -0.462 e. The first-order valence-electron chi connectivity index (χ1n) is 32.0. The smallest absolute Gasteiger partial charge is 0.306 e. The maximum atomic E-state index is 12.9. The van der Waals surface area contributed by atoms with Crippen molar-refractivity contribution in [2.75, 3.05) is 13.2 Å². The van der Waals surface area contributed by atoms with E-state index in [1.807, 2.05) is 0 Å². The van der Waals surface area contributed by atoms with Crippen molar-refractivity contribution < 1.29 is 28.6 Å². The number of allylic oxidation sites excluding steroid dienone is 6. The van der Waals surface area contributed by atoms with Crippen molar-refractivity contribution in [3.8, 4) is 0 Å². The lowest BCUT2D eigenvalue weighted by Crippen LogP contribution is -2.30. The third kappa shape index (κ3) is 58.5. The second-order valence-electron chi connectivity index (χ2n) is 21.7. The quantitative estimate of drug-likeness (QED) is 0.0261. The summed E-state index contributed by atoms with van der Waals surface area (Å²) in [5.74, 6) is -0.864. The number of ether oxygens (including phenoxy) is 3. The predicted octanol–water partition coefficient (Wildman–Crippen LogP) is 21.6. The first-order valence-corrected chi connectivity index (χ1v) is 32.0. The van der Waals surface area contributed by atoms with Gasteiger partial charge in [0.1, 0.15) is 13.2 Å². The molecule has 6 heteroatoms. The molecule has 422 valence electrons. The summed E-state index contributed by atoms with van der Waals surface area (Å²) in [6.07, 6.45) is 74.4. The summed E-state index contributed by atoms with van der Waals surface area (Å²) in [6, 6.07) is 0. The Kier molecular flexibility index (Phi) is 59.2. The van der Waals surface area contributed by atoms with Gasteiger partial charge in [-0.1, -0.05) is 314 Å². The second-order valence-corrected chi connectivity index (χ2v) is 21.7. The molecule has 0 aromatic carbocycles. The second kappa shape index (κ2) is 61.2. The van der Waals surface area contributed by atoms with Crippen molar-refractivity contribution in [2.24, 2.45) is 0 Å². The first-order chi connectivity index (χ1) is 35.5. The van der Waals surface area contributed by atoms with Crippen LogP contribution in [0.2, 0.25) is 0 Å². The molecule has 0 saturated carbocycles. The lowest BCUT2D eigenvalue weighted by Gasteiger charge is -2.18. The number of hydrogen-bond acceptors (Lipinski definition) is 6. The van der Waals surface area contributed by atoms with E-state index in [1.165, 1.54) is 212 Å². The first kappa shape index (κ1) is 69.6. The van der Waals surface area contributed by atoms with Crippen molar-refractivity contribution in [1.82, 2.24) is 0 Å². The highest BCUT2D eigenvalue weighted by molar-refractivity contribution is 5.71. The Bertz CT molecular complexity index is 1210. The van der Waals surface area contributed by atoms with Crippen LogP contribution < -0.4 is 0 Å². The van der Waals surface area contributed by atoms with Crippen LogP contribution in [0, 0.1) is 0 Å². The van der Waals surface area contributed by atoms with Gasteiger partial charge in [-0.25, -0.2) is 0 Å². The zero-order valence-corrected chi connectivity index (χ0v) is 48.5. The van der Waals surface area contributed by atoms with Gasteiger partial charge in [-0.05, 0) is 51.4 Å². The molecule has 0 bridgehead atoms. The van der Waals surface area contributed by atoms with Crippen LogP contribution in [0.1, 0.15) is 348 Å². The van der Waals surface area contributed by atoms with Crippen molar-refractivity contribution in [3.63, 3.8) is 0 Å². The molecule has 0 amide bonds. The molecule has 0 N–H and O–H groups in total. The van der Waals surface area contributed by atoms with E-state index in [0.29, 0.717) is 19.3 Å². The fraction of sp³-hybridized carbons (Fsp3) is 0.864. The molecule has 1 atom stereocenters. The van der Waals surface area contributed by atoms with Crippen molar-refractivity contribution in [2.45, 2.75) is 354 Å². The van der Waals surface area contributed by atoms with E-state index in [0.717, 1.165) is 96.3 Å². The number of rotatable bonds is 59. The van der Waals surface area contributed by atoms with E-state index in [9.17, 15) is 14.4 Å². The third-order valence-electron chi connectivity index (χ3n) is 14.4. The lowest BCUT2D eigenvalue weighted by atomic mass is 10.0. The average molecular weight is 1010 g/mol. The monoisotopic (exact) mass is 1010 g/mol. The van der Waals surface area contributed by atoms with E-state index in [2.05, 4.69) is 57.2 Å². The highest BCUT2D eigenvalue weighted by atomic mass is 16.6. The molecule has 0 aliphatic heterocycles. The van der Waals surface area contributed by atoms with Gasteiger partial charge in [-0.3, -0.25) is 14.4 Å². The number of esters is 3. The van der Waals surface area contributed by atoms with Gasteiger partial charge in [-0.2, -0.15) is 0 Å². The third-order valence-corrected chi connectivity index (χ3v) is 14.4. The molecule has 0 saturated heterocycles. The Hall–Kier alpha value is -2.37. The molecule has 0 aliphatic carbocycles. The van der Waals surface area contributed by atoms with Crippen LogP contribution in [0.25, 0.3) is 0 Å². The minimum atomic E-state index is -0.776.